The fraction of sp³-hybridized carbons (Fsp3) is 0.522. The first-order valence-electron chi connectivity index (χ1n) is 11.8. The van der Waals surface area contributed by atoms with Crippen LogP contribution in [-0.2, 0) is 21.3 Å². The summed E-state index contributed by atoms with van der Waals surface area (Å²) >= 11 is 1.66. The Balaban J connectivity index is 1.63. The van der Waals surface area contributed by atoms with Crippen LogP contribution in [0.15, 0.2) is 12.3 Å². The molecule has 0 aliphatic carbocycles. The Hall–Kier alpha value is -2.58. The van der Waals surface area contributed by atoms with Gasteiger partial charge in [-0.25, -0.2) is 23.4 Å². The number of ether oxygens (including phenoxy) is 2. The predicted octanol–water partition coefficient (Wildman–Crippen LogP) is 1.68. The van der Waals surface area contributed by atoms with Crippen molar-refractivity contribution in [2.24, 2.45) is 0 Å². The monoisotopic (exact) mass is 533 g/mol. The largest absolute Gasteiger partial charge is 0.480 e. The van der Waals surface area contributed by atoms with Crippen molar-refractivity contribution in [3.05, 3.63) is 22.7 Å². The zero-order valence-electron chi connectivity index (χ0n) is 20.9. The molecule has 0 unspecified atom stereocenters. The third kappa shape index (κ3) is 5.11. The van der Waals surface area contributed by atoms with E-state index in [1.54, 1.807) is 23.6 Å². The molecule has 2 aliphatic rings. The maximum Gasteiger partial charge on any atom is 0.238 e. The van der Waals surface area contributed by atoms with E-state index in [4.69, 9.17) is 19.4 Å². The van der Waals surface area contributed by atoms with E-state index in [0.717, 1.165) is 41.8 Å². The number of likely N-dealkylation sites (tertiary alicyclic amines) is 1. The van der Waals surface area contributed by atoms with E-state index in [0.29, 0.717) is 43.9 Å². The quantitative estimate of drug-likeness (QED) is 0.442. The summed E-state index contributed by atoms with van der Waals surface area (Å²) in [7, 11) is -0.0751. The van der Waals surface area contributed by atoms with Gasteiger partial charge in [0, 0.05) is 61.0 Å². The average molecular weight is 534 g/mol. The summed E-state index contributed by atoms with van der Waals surface area (Å²) in [4.78, 5) is 20.1. The Morgan fingerprint density at radius 2 is 2.00 bits per heavy atom. The molecule has 0 atom stereocenters. The molecule has 0 spiro atoms. The summed E-state index contributed by atoms with van der Waals surface area (Å²) in [5.74, 6) is 0.841. The topological polar surface area (TPSA) is 122 Å². The second-order valence-electron chi connectivity index (χ2n) is 9.12. The number of anilines is 2. The van der Waals surface area contributed by atoms with Crippen molar-refractivity contribution >= 4 is 43.2 Å². The van der Waals surface area contributed by atoms with E-state index < -0.39 is 10.0 Å². The summed E-state index contributed by atoms with van der Waals surface area (Å²) in [6.07, 6.45) is 2.76. The number of morpholine rings is 1. The summed E-state index contributed by atoms with van der Waals surface area (Å²) in [5.41, 5.74) is 3.83. The lowest BCUT2D eigenvalue weighted by Crippen LogP contribution is -2.56. The summed E-state index contributed by atoms with van der Waals surface area (Å²) in [6, 6.07) is 2.25. The third-order valence-corrected chi connectivity index (χ3v) is 8.21. The second kappa shape index (κ2) is 10.1. The molecule has 3 aromatic rings. The molecule has 2 saturated heterocycles. The van der Waals surface area contributed by atoms with Crippen molar-refractivity contribution in [2.75, 3.05) is 69.4 Å². The van der Waals surface area contributed by atoms with Gasteiger partial charge in [-0.15, -0.1) is 11.3 Å². The molecule has 13 heteroatoms. The number of hydrogen-bond acceptors (Lipinski definition) is 11. The normalized spacial score (nSPS) is 17.4. The van der Waals surface area contributed by atoms with Gasteiger partial charge >= 0.3 is 0 Å². The number of rotatable bonds is 8. The van der Waals surface area contributed by atoms with Crippen LogP contribution >= 0.6 is 11.3 Å². The Morgan fingerprint density at radius 3 is 2.67 bits per heavy atom. The molecule has 2 N–H and O–H groups in total. The zero-order valence-corrected chi connectivity index (χ0v) is 22.5. The first-order valence-corrected chi connectivity index (χ1v) is 14.5. The lowest BCUT2D eigenvalue weighted by molar-refractivity contribution is 0.122. The SMILES string of the molecule is CNC1CN(Cc2c(C)sc3c(-c4cnc(OC)c(NS(C)(=O)=O)c4)nc(N4CCOCC4)nc23)C1. The van der Waals surface area contributed by atoms with Gasteiger partial charge in [-0.1, -0.05) is 0 Å². The smallest absolute Gasteiger partial charge is 0.238 e. The molecular formula is C23H31N7O4S2. The van der Waals surface area contributed by atoms with E-state index in [2.05, 4.69) is 31.7 Å². The number of nitrogens with one attached hydrogen (secondary N) is 2. The molecule has 5 heterocycles. The Bertz CT molecular complexity index is 1370. The maximum absolute atomic E-state index is 12.0. The highest BCUT2D eigenvalue weighted by molar-refractivity contribution is 7.92. The van der Waals surface area contributed by atoms with Gasteiger partial charge in [-0.05, 0) is 20.0 Å². The van der Waals surface area contributed by atoms with Gasteiger partial charge in [0.1, 0.15) is 5.69 Å². The molecule has 194 valence electrons. The van der Waals surface area contributed by atoms with Gasteiger partial charge < -0.3 is 19.7 Å². The van der Waals surface area contributed by atoms with Crippen LogP contribution in [-0.4, -0.2) is 94.1 Å². The number of nitrogens with zero attached hydrogens (tertiary/aromatic N) is 5. The highest BCUT2D eigenvalue weighted by atomic mass is 32.2. The van der Waals surface area contributed by atoms with E-state index in [1.165, 1.54) is 17.6 Å². The van der Waals surface area contributed by atoms with Crippen molar-refractivity contribution in [1.29, 1.82) is 0 Å². The number of likely N-dealkylation sites (N-methyl/N-ethyl adjacent to an activating group) is 1. The number of aromatic nitrogens is 3. The minimum atomic E-state index is -3.53. The van der Waals surface area contributed by atoms with Crippen LogP contribution in [0.5, 0.6) is 5.88 Å². The maximum atomic E-state index is 12.0. The van der Waals surface area contributed by atoms with Crippen LogP contribution in [0.1, 0.15) is 10.4 Å². The molecular weight excluding hydrogens is 502 g/mol. The van der Waals surface area contributed by atoms with Gasteiger partial charge in [0.15, 0.2) is 0 Å². The van der Waals surface area contributed by atoms with E-state index in [9.17, 15) is 8.42 Å². The van der Waals surface area contributed by atoms with Crippen LogP contribution < -0.4 is 19.7 Å². The molecule has 0 amide bonds. The number of fused-ring (bicyclic) bond motifs is 1. The fourth-order valence-corrected chi connectivity index (χ4v) is 6.19. The molecule has 2 fully saturated rings. The van der Waals surface area contributed by atoms with Gasteiger partial charge in [0.2, 0.25) is 21.9 Å². The Labute approximate surface area is 214 Å². The first-order chi connectivity index (χ1) is 17.3. The highest BCUT2D eigenvalue weighted by Gasteiger charge is 2.28. The van der Waals surface area contributed by atoms with Gasteiger partial charge in [-0.3, -0.25) is 9.62 Å². The number of hydrogen-bond donors (Lipinski definition) is 2. The molecule has 5 rings (SSSR count). The molecule has 0 radical (unpaired) electrons. The molecule has 0 aromatic carbocycles. The van der Waals surface area contributed by atoms with Crippen molar-refractivity contribution in [2.45, 2.75) is 19.5 Å². The summed E-state index contributed by atoms with van der Waals surface area (Å²) in [5, 5.41) is 3.33. The first kappa shape index (κ1) is 25.1. The van der Waals surface area contributed by atoms with Gasteiger partial charge in [0.25, 0.3) is 0 Å². The van der Waals surface area contributed by atoms with Gasteiger partial charge in [-0.2, -0.15) is 0 Å². The van der Waals surface area contributed by atoms with Crippen LogP contribution in [0, 0.1) is 6.92 Å². The Morgan fingerprint density at radius 1 is 1.25 bits per heavy atom. The number of aryl methyl sites for hydroxylation is 1. The predicted molar refractivity (Wildman–Crippen MR) is 142 cm³/mol. The number of methoxy groups -OCH3 is 1. The Kier molecular flexibility index (Phi) is 7.01. The van der Waals surface area contributed by atoms with Crippen LogP contribution in [0.2, 0.25) is 0 Å². The van der Waals surface area contributed by atoms with Gasteiger partial charge in [0.05, 0.1) is 42.5 Å². The number of sulfonamides is 1. The molecule has 11 nitrogen and oxygen atoms in total. The lowest BCUT2D eigenvalue weighted by atomic mass is 10.1. The molecule has 36 heavy (non-hydrogen) atoms. The lowest BCUT2D eigenvalue weighted by Gasteiger charge is -2.39. The summed E-state index contributed by atoms with van der Waals surface area (Å²) < 4.78 is 38.2. The van der Waals surface area contributed by atoms with Crippen LogP contribution in [0.3, 0.4) is 0 Å². The third-order valence-electron chi connectivity index (χ3n) is 6.47. The standard InChI is InChI=1S/C23H31N7O4S2/c1-14-17(13-29-11-16(12-29)24-2)20-21(35-14)19(26-23(27-20)30-5-7-34-8-6-30)15-9-18(28-36(4,31)32)22(33-3)25-10-15/h9-10,16,24,28H,5-8,11-13H2,1-4H3. The van der Waals surface area contributed by atoms with Crippen LogP contribution in [0.4, 0.5) is 11.6 Å². The van der Waals surface area contributed by atoms with Crippen molar-refractivity contribution in [3.63, 3.8) is 0 Å². The van der Waals surface area contributed by atoms with E-state index >= 15 is 0 Å². The second-order valence-corrected chi connectivity index (χ2v) is 12.1. The minimum absolute atomic E-state index is 0.197. The number of pyridine rings is 1. The van der Waals surface area contributed by atoms with Crippen LogP contribution in [0.25, 0.3) is 21.5 Å². The molecule has 3 aromatic heterocycles. The molecule has 0 saturated carbocycles. The molecule has 2 aliphatic heterocycles. The highest BCUT2D eigenvalue weighted by Crippen LogP contribution is 2.39. The van der Waals surface area contributed by atoms with Crippen molar-refractivity contribution in [3.8, 4) is 17.1 Å². The number of thiophene rings is 1. The van der Waals surface area contributed by atoms with Crippen molar-refractivity contribution in [1.82, 2.24) is 25.2 Å². The molecule has 0 bridgehead atoms. The van der Waals surface area contributed by atoms with E-state index in [-0.39, 0.29) is 11.6 Å². The van der Waals surface area contributed by atoms with E-state index in [1.807, 2.05) is 7.05 Å². The average Bonchev–Trinajstić information content (AvgIpc) is 3.14. The fourth-order valence-electron chi connectivity index (χ4n) is 4.53. The minimum Gasteiger partial charge on any atom is -0.480 e. The van der Waals surface area contributed by atoms with Crippen molar-refractivity contribution < 1.29 is 17.9 Å². The zero-order chi connectivity index (χ0) is 25.4. The summed E-state index contributed by atoms with van der Waals surface area (Å²) in [6.45, 7) is 7.62.